The molecule has 1 aliphatic heterocycles. The van der Waals surface area contributed by atoms with Gasteiger partial charge in [-0.25, -0.2) is 4.98 Å². The topological polar surface area (TPSA) is 88.6 Å². The number of hydrogen-bond donors (Lipinski definition) is 2. The largest absolute Gasteiger partial charge is 0.378 e. The van der Waals surface area contributed by atoms with Crippen molar-refractivity contribution < 1.29 is 4.74 Å². The highest BCUT2D eigenvalue weighted by Crippen LogP contribution is 2.29. The van der Waals surface area contributed by atoms with Crippen molar-refractivity contribution in [2.24, 2.45) is 0 Å². The summed E-state index contributed by atoms with van der Waals surface area (Å²) in [5.74, 6) is 1.83. The maximum absolute atomic E-state index is 5.68. The molecule has 0 saturated carbocycles. The van der Waals surface area contributed by atoms with Crippen molar-refractivity contribution in [2.75, 3.05) is 18.5 Å². The van der Waals surface area contributed by atoms with E-state index in [0.29, 0.717) is 13.2 Å². The molecule has 0 aliphatic carbocycles. The summed E-state index contributed by atoms with van der Waals surface area (Å²) >= 11 is 0. The molecule has 3 aromatic heterocycles. The fourth-order valence-electron chi connectivity index (χ4n) is 3.08. The average molecular weight is 324 g/mol. The molecule has 0 bridgehead atoms. The van der Waals surface area contributed by atoms with Crippen LogP contribution in [-0.2, 0) is 11.2 Å². The number of rotatable bonds is 4. The van der Waals surface area contributed by atoms with E-state index in [4.69, 9.17) is 4.74 Å². The van der Waals surface area contributed by atoms with Gasteiger partial charge >= 0.3 is 0 Å². The SMILES string of the molecule is CCc1nc([C@@H]2COC[C@@H]2Nc2ccnc3c(C)ccnc23)n[nH]1. The van der Waals surface area contributed by atoms with E-state index in [9.17, 15) is 0 Å². The Hall–Kier alpha value is -2.54. The third kappa shape index (κ3) is 2.60. The van der Waals surface area contributed by atoms with Crippen LogP contribution in [0, 0.1) is 6.92 Å². The maximum atomic E-state index is 5.68. The van der Waals surface area contributed by atoms with Crippen LogP contribution in [0.4, 0.5) is 5.69 Å². The lowest BCUT2D eigenvalue weighted by molar-refractivity contribution is 0.191. The van der Waals surface area contributed by atoms with E-state index >= 15 is 0 Å². The second-order valence-electron chi connectivity index (χ2n) is 6.07. The lowest BCUT2D eigenvalue weighted by Crippen LogP contribution is -2.27. The number of aromatic amines is 1. The molecule has 0 amide bonds. The summed E-state index contributed by atoms with van der Waals surface area (Å²) in [5.41, 5.74) is 3.89. The van der Waals surface area contributed by atoms with Crippen molar-refractivity contribution >= 4 is 16.7 Å². The lowest BCUT2D eigenvalue weighted by Gasteiger charge is -2.19. The van der Waals surface area contributed by atoms with Gasteiger partial charge in [0.25, 0.3) is 0 Å². The number of nitrogens with zero attached hydrogens (tertiary/aromatic N) is 4. The molecule has 3 aromatic rings. The van der Waals surface area contributed by atoms with E-state index in [1.165, 1.54) is 0 Å². The second kappa shape index (κ2) is 6.16. The predicted octanol–water partition coefficient (Wildman–Crippen LogP) is 2.21. The molecule has 4 heterocycles. The van der Waals surface area contributed by atoms with Crippen LogP contribution >= 0.6 is 0 Å². The first-order valence-electron chi connectivity index (χ1n) is 8.22. The molecule has 7 nitrogen and oxygen atoms in total. The number of H-pyrrole nitrogens is 1. The molecular formula is C17H20N6O. The monoisotopic (exact) mass is 324 g/mol. The van der Waals surface area contributed by atoms with Gasteiger partial charge in [0.05, 0.1) is 36.4 Å². The van der Waals surface area contributed by atoms with Crippen LogP contribution in [0.5, 0.6) is 0 Å². The van der Waals surface area contributed by atoms with Gasteiger partial charge in [-0.15, -0.1) is 0 Å². The van der Waals surface area contributed by atoms with Crippen molar-refractivity contribution in [1.82, 2.24) is 25.1 Å². The van der Waals surface area contributed by atoms with Crippen LogP contribution in [0.15, 0.2) is 24.5 Å². The zero-order chi connectivity index (χ0) is 16.5. The van der Waals surface area contributed by atoms with Gasteiger partial charge in [0.15, 0.2) is 5.82 Å². The van der Waals surface area contributed by atoms with Crippen molar-refractivity contribution in [3.63, 3.8) is 0 Å². The number of pyridine rings is 2. The Morgan fingerprint density at radius 2 is 2.04 bits per heavy atom. The molecular weight excluding hydrogens is 304 g/mol. The van der Waals surface area contributed by atoms with E-state index in [0.717, 1.165) is 40.4 Å². The summed E-state index contributed by atoms with van der Waals surface area (Å²) in [6, 6.07) is 4.04. The van der Waals surface area contributed by atoms with Crippen LogP contribution in [0.2, 0.25) is 0 Å². The van der Waals surface area contributed by atoms with Gasteiger partial charge in [-0.1, -0.05) is 6.92 Å². The minimum absolute atomic E-state index is 0.110. The number of aromatic nitrogens is 5. The van der Waals surface area contributed by atoms with E-state index < -0.39 is 0 Å². The van der Waals surface area contributed by atoms with Crippen molar-refractivity contribution in [3.8, 4) is 0 Å². The van der Waals surface area contributed by atoms with E-state index in [2.05, 4.69) is 37.4 Å². The highest BCUT2D eigenvalue weighted by atomic mass is 16.5. The van der Waals surface area contributed by atoms with E-state index in [1.54, 1.807) is 0 Å². The second-order valence-corrected chi connectivity index (χ2v) is 6.07. The molecule has 1 fully saturated rings. The summed E-state index contributed by atoms with van der Waals surface area (Å²) < 4.78 is 5.68. The van der Waals surface area contributed by atoms with Gasteiger partial charge in [-0.05, 0) is 24.6 Å². The van der Waals surface area contributed by atoms with Gasteiger partial charge in [-0.3, -0.25) is 15.1 Å². The average Bonchev–Trinajstić information content (AvgIpc) is 3.24. The summed E-state index contributed by atoms with van der Waals surface area (Å²) in [6.07, 6.45) is 4.47. The quantitative estimate of drug-likeness (QED) is 0.765. The smallest absolute Gasteiger partial charge is 0.158 e. The standard InChI is InChI=1S/C17H20N6O/c1-3-14-21-17(23-22-14)11-8-24-9-13(11)20-12-5-7-18-15-10(2)4-6-19-16(12)15/h4-7,11,13H,3,8-9H2,1-2H3,(H,18,20)(H,21,22,23)/t11-,13+/m1/s1. The molecule has 1 saturated heterocycles. The first-order valence-corrected chi connectivity index (χ1v) is 8.22. The molecule has 24 heavy (non-hydrogen) atoms. The normalized spacial score (nSPS) is 20.6. The highest BCUT2D eigenvalue weighted by Gasteiger charge is 2.33. The molecule has 0 spiro atoms. The van der Waals surface area contributed by atoms with Crippen LogP contribution in [0.25, 0.3) is 11.0 Å². The molecule has 2 N–H and O–H groups in total. The number of hydrogen-bond acceptors (Lipinski definition) is 6. The number of fused-ring (bicyclic) bond motifs is 1. The van der Waals surface area contributed by atoms with Crippen molar-refractivity contribution in [1.29, 1.82) is 0 Å². The van der Waals surface area contributed by atoms with Gasteiger partial charge < -0.3 is 10.1 Å². The number of anilines is 1. The van der Waals surface area contributed by atoms with Gasteiger partial charge in [-0.2, -0.15) is 5.10 Å². The fraction of sp³-hybridized carbons (Fsp3) is 0.412. The van der Waals surface area contributed by atoms with Crippen LogP contribution in [-0.4, -0.2) is 44.4 Å². The Balaban J connectivity index is 1.64. The Labute approximate surface area is 139 Å². The predicted molar refractivity (Wildman–Crippen MR) is 91.0 cm³/mol. The molecule has 124 valence electrons. The van der Waals surface area contributed by atoms with Crippen LogP contribution in [0.3, 0.4) is 0 Å². The number of aryl methyl sites for hydroxylation is 2. The Bertz CT molecular complexity index is 861. The first kappa shape index (κ1) is 15.0. The van der Waals surface area contributed by atoms with Crippen molar-refractivity contribution in [2.45, 2.75) is 32.2 Å². The number of ether oxygens (including phenoxy) is 1. The summed E-state index contributed by atoms with van der Waals surface area (Å²) in [6.45, 7) is 5.34. The minimum Gasteiger partial charge on any atom is -0.378 e. The molecule has 0 unspecified atom stereocenters. The molecule has 0 radical (unpaired) electrons. The summed E-state index contributed by atoms with van der Waals surface area (Å²) in [5, 5.41) is 10.9. The van der Waals surface area contributed by atoms with Crippen LogP contribution in [0.1, 0.15) is 30.1 Å². The Morgan fingerprint density at radius 3 is 2.88 bits per heavy atom. The molecule has 7 heteroatoms. The van der Waals surface area contributed by atoms with Crippen molar-refractivity contribution in [3.05, 3.63) is 41.7 Å². The Morgan fingerprint density at radius 1 is 1.21 bits per heavy atom. The van der Waals surface area contributed by atoms with Crippen LogP contribution < -0.4 is 5.32 Å². The third-order valence-electron chi connectivity index (χ3n) is 4.46. The highest BCUT2D eigenvalue weighted by molar-refractivity contribution is 5.89. The number of nitrogens with one attached hydrogen (secondary N) is 2. The Kier molecular flexibility index (Phi) is 3.86. The molecule has 1 aliphatic rings. The van der Waals surface area contributed by atoms with Gasteiger partial charge in [0, 0.05) is 18.8 Å². The van der Waals surface area contributed by atoms with Gasteiger partial charge in [0.2, 0.25) is 0 Å². The molecule has 2 atom stereocenters. The maximum Gasteiger partial charge on any atom is 0.158 e. The molecule has 4 rings (SSSR count). The lowest BCUT2D eigenvalue weighted by atomic mass is 10.0. The summed E-state index contributed by atoms with van der Waals surface area (Å²) in [7, 11) is 0. The van der Waals surface area contributed by atoms with Gasteiger partial charge in [0.1, 0.15) is 11.3 Å². The summed E-state index contributed by atoms with van der Waals surface area (Å²) in [4.78, 5) is 13.5. The first-order chi connectivity index (χ1) is 11.8. The minimum atomic E-state index is 0.110. The van der Waals surface area contributed by atoms with E-state index in [-0.39, 0.29) is 12.0 Å². The zero-order valence-corrected chi connectivity index (χ0v) is 13.8. The fourth-order valence-corrected chi connectivity index (χ4v) is 3.08. The zero-order valence-electron chi connectivity index (χ0n) is 13.8. The molecule has 0 aromatic carbocycles. The third-order valence-corrected chi connectivity index (χ3v) is 4.46. The van der Waals surface area contributed by atoms with E-state index in [1.807, 2.05) is 31.5 Å².